The molecule has 1 aromatic heterocycles. The molecular weight excluding hydrogens is 308 g/mol. The zero-order chi connectivity index (χ0) is 17.2. The Hall–Kier alpha value is -3.02. The Morgan fingerprint density at radius 3 is 2.75 bits per heavy atom. The number of amides is 1. The number of carbonyl (C=O) groups excluding carboxylic acids is 2. The summed E-state index contributed by atoms with van der Waals surface area (Å²) in [6.07, 6.45) is 4.76. The minimum Gasteiger partial charge on any atom is -0.461 e. The van der Waals surface area contributed by atoms with E-state index in [1.807, 2.05) is 30.3 Å². The molecule has 0 aliphatic rings. The summed E-state index contributed by atoms with van der Waals surface area (Å²) in [5.41, 5.74) is 2.14. The fourth-order valence-electron chi connectivity index (χ4n) is 1.95. The van der Waals surface area contributed by atoms with Crippen molar-refractivity contribution < 1.29 is 19.1 Å². The van der Waals surface area contributed by atoms with Crippen LogP contribution in [0.25, 0.3) is 6.08 Å². The number of ether oxygens (including phenoxy) is 2. The number of nitrogens with one attached hydrogen (secondary N) is 2. The molecule has 6 heteroatoms. The molecule has 1 amide bonds. The molecule has 2 N–H and O–H groups in total. The fraction of sp³-hybridized carbons (Fsp3) is 0.222. The molecule has 0 aliphatic heterocycles. The molecule has 6 nitrogen and oxygen atoms in total. The third kappa shape index (κ3) is 5.64. The SMILES string of the molecule is CCOC(=O)c1cc(C=CCNC(=O)OCc2ccccc2)c[nH]1. The van der Waals surface area contributed by atoms with Crippen LogP contribution in [0.3, 0.4) is 0 Å². The molecule has 0 bridgehead atoms. The van der Waals surface area contributed by atoms with Crippen molar-refractivity contribution in [3.63, 3.8) is 0 Å². The largest absolute Gasteiger partial charge is 0.461 e. The van der Waals surface area contributed by atoms with Gasteiger partial charge in [0.15, 0.2) is 0 Å². The zero-order valence-electron chi connectivity index (χ0n) is 13.5. The van der Waals surface area contributed by atoms with Crippen LogP contribution in [0, 0.1) is 0 Å². The highest BCUT2D eigenvalue weighted by Crippen LogP contribution is 2.07. The first-order valence-electron chi connectivity index (χ1n) is 7.65. The van der Waals surface area contributed by atoms with Crippen molar-refractivity contribution in [1.82, 2.24) is 10.3 Å². The molecule has 0 spiro atoms. The van der Waals surface area contributed by atoms with Crippen molar-refractivity contribution in [3.05, 3.63) is 65.5 Å². The molecule has 1 aromatic carbocycles. The number of hydrogen-bond donors (Lipinski definition) is 2. The van der Waals surface area contributed by atoms with Crippen LogP contribution in [0.1, 0.15) is 28.5 Å². The van der Waals surface area contributed by atoms with Crippen LogP contribution < -0.4 is 5.32 Å². The number of esters is 1. The number of benzene rings is 1. The van der Waals surface area contributed by atoms with Crippen molar-refractivity contribution >= 4 is 18.1 Å². The highest BCUT2D eigenvalue weighted by atomic mass is 16.5. The van der Waals surface area contributed by atoms with E-state index in [0.717, 1.165) is 11.1 Å². The highest BCUT2D eigenvalue weighted by Gasteiger charge is 2.07. The van der Waals surface area contributed by atoms with Crippen molar-refractivity contribution in [2.45, 2.75) is 13.5 Å². The lowest BCUT2D eigenvalue weighted by atomic mass is 10.2. The third-order valence-electron chi connectivity index (χ3n) is 3.09. The van der Waals surface area contributed by atoms with Crippen molar-refractivity contribution in [1.29, 1.82) is 0 Å². The number of alkyl carbamates (subject to hydrolysis) is 1. The Morgan fingerprint density at radius 2 is 2.00 bits per heavy atom. The van der Waals surface area contributed by atoms with E-state index in [0.29, 0.717) is 18.8 Å². The van der Waals surface area contributed by atoms with Crippen LogP contribution in [0.2, 0.25) is 0 Å². The lowest BCUT2D eigenvalue weighted by Crippen LogP contribution is -2.24. The lowest BCUT2D eigenvalue weighted by Gasteiger charge is -2.05. The van der Waals surface area contributed by atoms with E-state index in [-0.39, 0.29) is 12.6 Å². The predicted molar refractivity (Wildman–Crippen MR) is 90.4 cm³/mol. The number of aromatic nitrogens is 1. The number of carbonyl (C=O) groups is 2. The van der Waals surface area contributed by atoms with Crippen molar-refractivity contribution in [2.75, 3.05) is 13.2 Å². The molecule has 126 valence electrons. The summed E-state index contributed by atoms with van der Waals surface area (Å²) in [6, 6.07) is 11.1. The standard InChI is InChI=1S/C18H20N2O4/c1-2-23-17(21)16-11-15(12-20-16)9-6-10-19-18(22)24-13-14-7-4-3-5-8-14/h3-9,11-12,20H,2,10,13H2,1H3,(H,19,22). The molecular formula is C18H20N2O4. The number of hydrogen-bond acceptors (Lipinski definition) is 4. The quantitative estimate of drug-likeness (QED) is 0.765. The maximum Gasteiger partial charge on any atom is 0.407 e. The monoisotopic (exact) mass is 328 g/mol. The van der Waals surface area contributed by atoms with Crippen LogP contribution >= 0.6 is 0 Å². The summed E-state index contributed by atoms with van der Waals surface area (Å²) in [5.74, 6) is -0.389. The van der Waals surface area contributed by atoms with Gasteiger partial charge < -0.3 is 19.8 Å². The van der Waals surface area contributed by atoms with Gasteiger partial charge in [-0.25, -0.2) is 9.59 Å². The Kier molecular flexibility index (Phi) is 6.64. The molecule has 0 saturated carbocycles. The Labute approximate surface area is 140 Å². The van der Waals surface area contributed by atoms with E-state index in [1.54, 1.807) is 31.3 Å². The summed E-state index contributed by atoms with van der Waals surface area (Å²) in [4.78, 5) is 25.9. The van der Waals surface area contributed by atoms with Gasteiger partial charge in [-0.3, -0.25) is 0 Å². The van der Waals surface area contributed by atoms with Gasteiger partial charge in [0.05, 0.1) is 6.61 Å². The highest BCUT2D eigenvalue weighted by molar-refractivity contribution is 5.88. The Morgan fingerprint density at radius 1 is 1.21 bits per heavy atom. The number of aromatic amines is 1. The Balaban J connectivity index is 1.70. The van der Waals surface area contributed by atoms with Gasteiger partial charge in [0, 0.05) is 12.7 Å². The van der Waals surface area contributed by atoms with Gasteiger partial charge >= 0.3 is 12.1 Å². The van der Waals surface area contributed by atoms with Crippen molar-refractivity contribution in [3.8, 4) is 0 Å². The number of H-pyrrole nitrogens is 1. The second kappa shape index (κ2) is 9.19. The molecule has 0 atom stereocenters. The van der Waals surface area contributed by atoms with Gasteiger partial charge in [0.2, 0.25) is 0 Å². The van der Waals surface area contributed by atoms with Crippen LogP contribution in [0.4, 0.5) is 4.79 Å². The van der Waals surface area contributed by atoms with Crippen LogP contribution in [-0.2, 0) is 16.1 Å². The van der Waals surface area contributed by atoms with Crippen LogP contribution in [-0.4, -0.2) is 30.2 Å². The van der Waals surface area contributed by atoms with E-state index in [1.165, 1.54) is 0 Å². The van der Waals surface area contributed by atoms with Gasteiger partial charge in [-0.2, -0.15) is 0 Å². The van der Waals surface area contributed by atoms with E-state index < -0.39 is 6.09 Å². The molecule has 2 rings (SSSR count). The second-order valence-electron chi connectivity index (χ2n) is 4.91. The molecule has 0 radical (unpaired) electrons. The first kappa shape index (κ1) is 17.3. The van der Waals surface area contributed by atoms with Gasteiger partial charge in [-0.15, -0.1) is 0 Å². The van der Waals surface area contributed by atoms with Gasteiger partial charge in [-0.05, 0) is 24.1 Å². The second-order valence-corrected chi connectivity index (χ2v) is 4.91. The average molecular weight is 328 g/mol. The molecule has 0 unspecified atom stereocenters. The van der Waals surface area contributed by atoms with Crippen LogP contribution in [0.5, 0.6) is 0 Å². The van der Waals surface area contributed by atoms with Crippen molar-refractivity contribution in [2.24, 2.45) is 0 Å². The van der Waals surface area contributed by atoms with E-state index in [9.17, 15) is 9.59 Å². The van der Waals surface area contributed by atoms with Crippen LogP contribution in [0.15, 0.2) is 48.7 Å². The summed E-state index contributed by atoms with van der Waals surface area (Å²) >= 11 is 0. The summed E-state index contributed by atoms with van der Waals surface area (Å²) in [5, 5.41) is 2.62. The summed E-state index contributed by atoms with van der Waals surface area (Å²) < 4.78 is 9.99. The third-order valence-corrected chi connectivity index (χ3v) is 3.09. The lowest BCUT2D eigenvalue weighted by molar-refractivity contribution is 0.0520. The molecule has 0 saturated heterocycles. The van der Waals surface area contributed by atoms with Gasteiger partial charge in [0.1, 0.15) is 12.3 Å². The van der Waals surface area contributed by atoms with E-state index >= 15 is 0 Å². The first-order chi connectivity index (χ1) is 11.7. The normalized spacial score (nSPS) is 10.5. The maximum atomic E-state index is 11.6. The van der Waals surface area contributed by atoms with E-state index in [2.05, 4.69) is 10.3 Å². The molecule has 0 fully saturated rings. The maximum absolute atomic E-state index is 11.6. The molecule has 24 heavy (non-hydrogen) atoms. The van der Waals surface area contributed by atoms with Gasteiger partial charge in [-0.1, -0.05) is 42.5 Å². The van der Waals surface area contributed by atoms with E-state index in [4.69, 9.17) is 9.47 Å². The van der Waals surface area contributed by atoms with Gasteiger partial charge in [0.25, 0.3) is 0 Å². The summed E-state index contributed by atoms with van der Waals surface area (Å²) in [6.45, 7) is 2.65. The molecule has 1 heterocycles. The molecule has 2 aromatic rings. The average Bonchev–Trinajstić information content (AvgIpc) is 3.07. The fourth-order valence-corrected chi connectivity index (χ4v) is 1.95. The minimum absolute atomic E-state index is 0.233. The zero-order valence-corrected chi connectivity index (χ0v) is 13.5. The summed E-state index contributed by atoms with van der Waals surface area (Å²) in [7, 11) is 0. The molecule has 0 aliphatic carbocycles. The smallest absolute Gasteiger partial charge is 0.407 e. The Bertz CT molecular complexity index is 692. The minimum atomic E-state index is -0.482. The predicted octanol–water partition coefficient (Wildman–Crippen LogP) is 3.13. The number of rotatable bonds is 7. The topological polar surface area (TPSA) is 80.4 Å². The first-order valence-corrected chi connectivity index (χ1v) is 7.65.